The molecule has 3 N–H and O–H groups in total. The molecule has 0 aromatic rings. The van der Waals surface area contributed by atoms with Gasteiger partial charge in [0, 0.05) is 13.6 Å². The van der Waals surface area contributed by atoms with E-state index in [-0.39, 0.29) is 12.5 Å². The first-order valence-corrected chi connectivity index (χ1v) is 3.98. The summed E-state index contributed by atoms with van der Waals surface area (Å²) in [6, 6.07) is 0. The van der Waals surface area contributed by atoms with Crippen molar-refractivity contribution in [3.8, 4) is 0 Å². The summed E-state index contributed by atoms with van der Waals surface area (Å²) in [5, 5.41) is 9.00. The quantitative estimate of drug-likeness (QED) is 0.564. The Kier molecular flexibility index (Phi) is 3.87. The minimum absolute atomic E-state index is 0.119. The third kappa shape index (κ3) is 1.80. The predicted octanol–water partition coefficient (Wildman–Crippen LogP) is -0.576. The van der Waals surface area contributed by atoms with Crippen molar-refractivity contribution in [3.63, 3.8) is 0 Å². The molecule has 1 unspecified atom stereocenters. The lowest BCUT2D eigenvalue weighted by atomic mass is 9.85. The van der Waals surface area contributed by atoms with Crippen LogP contribution in [0.1, 0.15) is 13.8 Å². The molecule has 75 valence electrons. The fourth-order valence-electron chi connectivity index (χ4n) is 1.32. The van der Waals surface area contributed by atoms with Crippen LogP contribution in [-0.2, 0) is 9.59 Å². The molecule has 0 saturated carbocycles. The van der Waals surface area contributed by atoms with Crippen molar-refractivity contribution in [3.05, 3.63) is 0 Å². The Morgan fingerprint density at radius 2 is 2.15 bits per heavy atom. The second-order valence-electron chi connectivity index (χ2n) is 3.24. The monoisotopic (exact) mass is 187 g/mol. The molecule has 1 amide bonds. The van der Waals surface area contributed by atoms with Gasteiger partial charge in [-0.15, -0.1) is 0 Å². The molecular weight excluding hydrogens is 172 g/mol. The standard InChI is InChI=1S/C8H15N2O3/c1-6(2)8(4-9,7(12)13)10(3)5-11/h6H,4,9H2,1-3H3,(H,12,13). The average molecular weight is 187 g/mol. The Balaban J connectivity index is 5.09. The van der Waals surface area contributed by atoms with Gasteiger partial charge in [0.25, 0.3) is 0 Å². The fourth-order valence-corrected chi connectivity index (χ4v) is 1.32. The number of nitrogens with zero attached hydrogens (tertiary/aromatic N) is 1. The zero-order chi connectivity index (χ0) is 10.6. The van der Waals surface area contributed by atoms with Crippen LogP contribution in [0.15, 0.2) is 0 Å². The zero-order valence-corrected chi connectivity index (χ0v) is 8.07. The van der Waals surface area contributed by atoms with Crippen LogP contribution >= 0.6 is 0 Å². The highest BCUT2D eigenvalue weighted by Crippen LogP contribution is 2.21. The van der Waals surface area contributed by atoms with E-state index in [4.69, 9.17) is 10.8 Å². The fraction of sp³-hybridized carbons (Fsp3) is 0.750. The summed E-state index contributed by atoms with van der Waals surface area (Å²) in [6.45, 7) is 3.29. The molecule has 13 heavy (non-hydrogen) atoms. The van der Waals surface area contributed by atoms with Crippen molar-refractivity contribution in [1.29, 1.82) is 0 Å². The number of rotatable bonds is 5. The van der Waals surface area contributed by atoms with Gasteiger partial charge in [0.05, 0.1) is 0 Å². The van der Waals surface area contributed by atoms with Gasteiger partial charge in [-0.25, -0.2) is 4.79 Å². The molecule has 0 aliphatic rings. The van der Waals surface area contributed by atoms with Gasteiger partial charge in [-0.1, -0.05) is 13.8 Å². The van der Waals surface area contributed by atoms with Crippen LogP contribution in [0.4, 0.5) is 0 Å². The van der Waals surface area contributed by atoms with Crippen molar-refractivity contribution in [2.75, 3.05) is 13.6 Å². The summed E-state index contributed by atoms with van der Waals surface area (Å²) < 4.78 is 0. The first-order chi connectivity index (χ1) is 5.93. The molecule has 1 radical (unpaired) electrons. The van der Waals surface area contributed by atoms with E-state index in [1.807, 2.05) is 0 Å². The van der Waals surface area contributed by atoms with Crippen molar-refractivity contribution in [2.45, 2.75) is 19.4 Å². The highest BCUT2D eigenvalue weighted by Gasteiger charge is 2.44. The summed E-state index contributed by atoms with van der Waals surface area (Å²) in [6.07, 6.45) is 1.54. The number of carbonyl (C=O) groups is 1. The minimum atomic E-state index is -1.35. The molecule has 0 spiro atoms. The number of carbonyl (C=O) groups excluding carboxylic acids is 1. The molecule has 0 fully saturated rings. The number of likely N-dealkylation sites (N-methyl/N-ethyl adjacent to an activating group) is 1. The number of hydrogen-bond acceptors (Lipinski definition) is 3. The van der Waals surface area contributed by atoms with Gasteiger partial charge >= 0.3 is 12.4 Å². The van der Waals surface area contributed by atoms with Crippen LogP contribution in [0.5, 0.6) is 0 Å². The summed E-state index contributed by atoms with van der Waals surface area (Å²) in [5.74, 6) is -1.36. The van der Waals surface area contributed by atoms with Crippen LogP contribution < -0.4 is 5.73 Å². The largest absolute Gasteiger partial charge is 0.479 e. The maximum Gasteiger partial charge on any atom is 0.331 e. The smallest absolute Gasteiger partial charge is 0.331 e. The van der Waals surface area contributed by atoms with Crippen LogP contribution in [0.25, 0.3) is 0 Å². The van der Waals surface area contributed by atoms with Gasteiger partial charge < -0.3 is 15.7 Å². The van der Waals surface area contributed by atoms with Crippen LogP contribution in [0.3, 0.4) is 0 Å². The lowest BCUT2D eigenvalue weighted by molar-refractivity contribution is -0.150. The first kappa shape index (κ1) is 11.9. The summed E-state index contributed by atoms with van der Waals surface area (Å²) >= 11 is 0. The number of hydrogen-bond donors (Lipinski definition) is 2. The SMILES string of the molecule is CC(C)C(CN)(C(=O)O)N(C)[C]=O. The molecule has 5 nitrogen and oxygen atoms in total. The molecule has 1 atom stereocenters. The molecule has 0 aliphatic carbocycles. The van der Waals surface area contributed by atoms with E-state index in [2.05, 4.69) is 0 Å². The summed E-state index contributed by atoms with van der Waals surface area (Å²) in [5.41, 5.74) is 4.04. The van der Waals surface area contributed by atoms with E-state index in [1.54, 1.807) is 20.3 Å². The lowest BCUT2D eigenvalue weighted by Gasteiger charge is -2.37. The highest BCUT2D eigenvalue weighted by molar-refractivity contribution is 5.82. The number of aliphatic carboxylic acids is 1. The maximum absolute atomic E-state index is 11.0. The second-order valence-corrected chi connectivity index (χ2v) is 3.24. The Morgan fingerprint density at radius 1 is 1.69 bits per heavy atom. The molecule has 0 rings (SSSR count). The second kappa shape index (κ2) is 4.23. The third-order valence-electron chi connectivity index (χ3n) is 2.37. The number of nitrogens with two attached hydrogens (primary N) is 1. The summed E-state index contributed by atoms with van der Waals surface area (Å²) in [7, 11) is 1.37. The minimum Gasteiger partial charge on any atom is -0.479 e. The van der Waals surface area contributed by atoms with Crippen molar-refractivity contribution in [1.82, 2.24) is 4.90 Å². The first-order valence-electron chi connectivity index (χ1n) is 3.98. The van der Waals surface area contributed by atoms with Gasteiger partial charge in [-0.3, -0.25) is 4.79 Å². The highest BCUT2D eigenvalue weighted by atomic mass is 16.4. The molecule has 0 heterocycles. The Bertz CT molecular complexity index is 206. The lowest BCUT2D eigenvalue weighted by Crippen LogP contribution is -2.60. The normalized spacial score (nSPS) is 15.2. The van der Waals surface area contributed by atoms with Crippen LogP contribution in [0.2, 0.25) is 0 Å². The van der Waals surface area contributed by atoms with E-state index in [9.17, 15) is 9.59 Å². The van der Waals surface area contributed by atoms with Gasteiger partial charge in [0.2, 0.25) is 0 Å². The van der Waals surface area contributed by atoms with Crippen LogP contribution in [-0.4, -0.2) is 41.5 Å². The molecule has 0 bridgehead atoms. The van der Waals surface area contributed by atoms with Gasteiger partial charge in [0.15, 0.2) is 5.54 Å². The molecule has 0 aromatic heterocycles. The van der Waals surface area contributed by atoms with Crippen molar-refractivity contribution < 1.29 is 14.7 Å². The molecule has 0 aliphatic heterocycles. The van der Waals surface area contributed by atoms with E-state index >= 15 is 0 Å². The van der Waals surface area contributed by atoms with Crippen LogP contribution in [0, 0.1) is 5.92 Å². The third-order valence-corrected chi connectivity index (χ3v) is 2.37. The molecular formula is C8H15N2O3. The van der Waals surface area contributed by atoms with Gasteiger partial charge in [0.1, 0.15) is 0 Å². The van der Waals surface area contributed by atoms with E-state index in [1.165, 1.54) is 7.05 Å². The molecule has 0 aromatic carbocycles. The van der Waals surface area contributed by atoms with Gasteiger partial charge in [-0.2, -0.15) is 0 Å². The van der Waals surface area contributed by atoms with E-state index in [0.717, 1.165) is 4.90 Å². The maximum atomic E-state index is 11.0. The number of amides is 1. The molecule has 5 heteroatoms. The Labute approximate surface area is 77.5 Å². The summed E-state index contributed by atoms with van der Waals surface area (Å²) in [4.78, 5) is 22.4. The van der Waals surface area contributed by atoms with Crippen molar-refractivity contribution in [2.24, 2.45) is 11.7 Å². The Morgan fingerprint density at radius 3 is 2.23 bits per heavy atom. The topological polar surface area (TPSA) is 83.6 Å². The molecule has 0 saturated heterocycles. The Hall–Kier alpha value is -1.10. The van der Waals surface area contributed by atoms with E-state index < -0.39 is 11.5 Å². The predicted molar refractivity (Wildman–Crippen MR) is 47.7 cm³/mol. The van der Waals surface area contributed by atoms with E-state index in [0.29, 0.717) is 0 Å². The van der Waals surface area contributed by atoms with Crippen molar-refractivity contribution >= 4 is 12.4 Å². The zero-order valence-electron chi connectivity index (χ0n) is 8.07. The number of carboxylic acid groups (broad SMARTS) is 1. The number of carboxylic acids is 1. The van der Waals surface area contributed by atoms with Gasteiger partial charge in [-0.05, 0) is 5.92 Å². The average Bonchev–Trinajstić information content (AvgIpc) is 2.04.